The van der Waals surface area contributed by atoms with E-state index >= 15 is 0 Å². The fourth-order valence-corrected chi connectivity index (χ4v) is 5.23. The molecule has 1 saturated carbocycles. The van der Waals surface area contributed by atoms with Gasteiger partial charge in [0.25, 0.3) is 0 Å². The van der Waals surface area contributed by atoms with Crippen LogP contribution in [0.3, 0.4) is 0 Å². The Hall–Kier alpha value is -2.17. The Morgan fingerprint density at radius 3 is 2.62 bits per heavy atom. The van der Waals surface area contributed by atoms with Gasteiger partial charge in [-0.05, 0) is 54.4 Å². The summed E-state index contributed by atoms with van der Waals surface area (Å²) in [5, 5.41) is 0. The second kappa shape index (κ2) is 6.53. The van der Waals surface area contributed by atoms with E-state index in [9.17, 15) is 14.4 Å². The van der Waals surface area contributed by atoms with Crippen LogP contribution in [0.4, 0.5) is 0 Å². The molecular weight excluding hydrogens is 332 g/mol. The molecule has 0 amide bonds. The van der Waals surface area contributed by atoms with E-state index in [4.69, 9.17) is 9.47 Å². The maximum absolute atomic E-state index is 13.1. The number of carbonyl (C=O) groups excluding carboxylic acids is 3. The highest BCUT2D eigenvalue weighted by atomic mass is 16.5. The van der Waals surface area contributed by atoms with Gasteiger partial charge in [0.2, 0.25) is 0 Å². The molecule has 1 aromatic rings. The number of Topliss-reactive ketones (excluding diaryl/α,β-unsaturated/α-hetero) is 1. The number of aldehydes is 1. The molecule has 1 unspecified atom stereocenters. The lowest BCUT2D eigenvalue weighted by atomic mass is 9.49. The highest BCUT2D eigenvalue weighted by Crippen LogP contribution is 2.58. The van der Waals surface area contributed by atoms with Crippen molar-refractivity contribution in [3.63, 3.8) is 0 Å². The average molecular weight is 358 g/mol. The zero-order chi connectivity index (χ0) is 19.1. The first-order valence-electron chi connectivity index (χ1n) is 9.08. The van der Waals surface area contributed by atoms with Gasteiger partial charge in [0.1, 0.15) is 12.0 Å². The van der Waals surface area contributed by atoms with Crippen LogP contribution < -0.4 is 4.74 Å². The lowest BCUT2D eigenvalue weighted by Gasteiger charge is -2.53. The first kappa shape index (κ1) is 18.6. The number of hydrogen-bond acceptors (Lipinski definition) is 5. The summed E-state index contributed by atoms with van der Waals surface area (Å²) in [6.45, 7) is 4.05. The van der Waals surface area contributed by atoms with Crippen molar-refractivity contribution in [2.24, 2.45) is 11.3 Å². The number of ketones is 1. The summed E-state index contributed by atoms with van der Waals surface area (Å²) in [5.74, 6) is 0.257. The number of benzene rings is 1. The topological polar surface area (TPSA) is 69.7 Å². The molecule has 1 aromatic carbocycles. The molecule has 2 aliphatic rings. The summed E-state index contributed by atoms with van der Waals surface area (Å²) in [5.41, 5.74) is 1.24. The van der Waals surface area contributed by atoms with Crippen molar-refractivity contribution in [3.8, 4) is 5.75 Å². The maximum atomic E-state index is 13.1. The van der Waals surface area contributed by atoms with Crippen molar-refractivity contribution in [3.05, 3.63) is 28.8 Å². The minimum absolute atomic E-state index is 0.000920. The van der Waals surface area contributed by atoms with Crippen LogP contribution in [0.1, 0.15) is 61.0 Å². The van der Waals surface area contributed by atoms with E-state index in [2.05, 4.69) is 6.92 Å². The summed E-state index contributed by atoms with van der Waals surface area (Å²) >= 11 is 0. The first-order valence-corrected chi connectivity index (χ1v) is 9.08. The molecule has 3 atom stereocenters. The van der Waals surface area contributed by atoms with Crippen molar-refractivity contribution in [2.75, 3.05) is 14.2 Å². The lowest BCUT2D eigenvalue weighted by Crippen LogP contribution is -2.54. The Balaban J connectivity index is 2.23. The SMILES string of the molecule is COC(=O)[C@@]1(C)CCC[C@]2(C)c3cc(OC)cc(CC=O)c3C(=O)CC12. The van der Waals surface area contributed by atoms with Gasteiger partial charge in [-0.15, -0.1) is 0 Å². The fraction of sp³-hybridized carbons (Fsp3) is 0.571. The average Bonchev–Trinajstić information content (AvgIpc) is 2.63. The monoisotopic (exact) mass is 358 g/mol. The minimum atomic E-state index is -0.691. The fourth-order valence-electron chi connectivity index (χ4n) is 5.23. The Morgan fingerprint density at radius 1 is 1.27 bits per heavy atom. The van der Waals surface area contributed by atoms with Crippen molar-refractivity contribution in [1.82, 2.24) is 0 Å². The zero-order valence-electron chi connectivity index (χ0n) is 15.9. The molecule has 0 radical (unpaired) electrons. The van der Waals surface area contributed by atoms with E-state index in [0.29, 0.717) is 29.7 Å². The highest BCUT2D eigenvalue weighted by Gasteiger charge is 2.57. The summed E-state index contributed by atoms with van der Waals surface area (Å²) in [6.07, 6.45) is 3.78. The third kappa shape index (κ3) is 2.56. The molecule has 0 heterocycles. The Labute approximate surface area is 154 Å². The first-order chi connectivity index (χ1) is 12.3. The molecule has 0 bridgehead atoms. The van der Waals surface area contributed by atoms with Gasteiger partial charge in [-0.3, -0.25) is 9.59 Å². The van der Waals surface area contributed by atoms with Crippen molar-refractivity contribution >= 4 is 18.0 Å². The van der Waals surface area contributed by atoms with Gasteiger partial charge in [0, 0.05) is 18.4 Å². The van der Waals surface area contributed by atoms with Crippen LogP contribution in [0.2, 0.25) is 0 Å². The molecular formula is C21H26O5. The molecule has 5 heteroatoms. The normalized spacial score (nSPS) is 30.2. The second-order valence-electron chi connectivity index (χ2n) is 7.94. The van der Waals surface area contributed by atoms with Gasteiger partial charge >= 0.3 is 5.97 Å². The summed E-state index contributed by atoms with van der Waals surface area (Å²) < 4.78 is 10.5. The van der Waals surface area contributed by atoms with Gasteiger partial charge in [-0.2, -0.15) is 0 Å². The van der Waals surface area contributed by atoms with Gasteiger partial charge < -0.3 is 14.3 Å². The molecule has 3 rings (SSSR count). The molecule has 2 aliphatic carbocycles. The maximum Gasteiger partial charge on any atom is 0.311 e. The summed E-state index contributed by atoms with van der Waals surface area (Å²) in [7, 11) is 2.99. The lowest BCUT2D eigenvalue weighted by molar-refractivity contribution is -0.160. The quantitative estimate of drug-likeness (QED) is 0.610. The number of methoxy groups -OCH3 is 2. The largest absolute Gasteiger partial charge is 0.497 e. The van der Waals surface area contributed by atoms with Crippen LogP contribution in [0.5, 0.6) is 5.75 Å². The third-order valence-electron chi connectivity index (χ3n) is 6.60. The van der Waals surface area contributed by atoms with Crippen LogP contribution in [0.25, 0.3) is 0 Å². The second-order valence-corrected chi connectivity index (χ2v) is 7.94. The Morgan fingerprint density at radius 2 is 2.00 bits per heavy atom. The third-order valence-corrected chi connectivity index (χ3v) is 6.60. The van der Waals surface area contributed by atoms with E-state index in [1.165, 1.54) is 7.11 Å². The number of ether oxygens (including phenoxy) is 2. The molecule has 5 nitrogen and oxygen atoms in total. The van der Waals surface area contributed by atoms with Crippen molar-refractivity contribution in [1.29, 1.82) is 0 Å². The summed E-state index contributed by atoms with van der Waals surface area (Å²) in [6, 6.07) is 3.69. The molecule has 0 saturated heterocycles. The smallest absolute Gasteiger partial charge is 0.311 e. The molecule has 0 spiro atoms. The van der Waals surface area contributed by atoms with Crippen LogP contribution in [-0.2, 0) is 26.2 Å². The van der Waals surface area contributed by atoms with Gasteiger partial charge in [-0.1, -0.05) is 13.3 Å². The minimum Gasteiger partial charge on any atom is -0.497 e. The van der Waals surface area contributed by atoms with E-state index < -0.39 is 5.41 Å². The molecule has 140 valence electrons. The predicted octanol–water partition coefficient (Wildman–Crippen LogP) is 3.26. The van der Waals surface area contributed by atoms with Crippen LogP contribution in [0, 0.1) is 11.3 Å². The number of fused-ring (bicyclic) bond motifs is 3. The Bertz CT molecular complexity index is 768. The van der Waals surface area contributed by atoms with Crippen molar-refractivity contribution < 1.29 is 23.9 Å². The van der Waals surface area contributed by atoms with Crippen molar-refractivity contribution in [2.45, 2.75) is 51.4 Å². The number of carbonyl (C=O) groups is 3. The standard InChI is InChI=1S/C21H26O5/c1-20-7-5-8-21(2,19(24)26-4)17(20)12-16(23)18-13(6-9-22)10-14(25-3)11-15(18)20/h9-11,17H,5-8,12H2,1-4H3/t17?,20-,21+/m1/s1. The van der Waals surface area contributed by atoms with Gasteiger partial charge in [0.05, 0.1) is 19.6 Å². The van der Waals surface area contributed by atoms with E-state index in [-0.39, 0.29) is 29.5 Å². The molecule has 0 N–H and O–H groups in total. The van der Waals surface area contributed by atoms with Gasteiger partial charge in [-0.25, -0.2) is 0 Å². The molecule has 26 heavy (non-hydrogen) atoms. The molecule has 0 aliphatic heterocycles. The van der Waals surface area contributed by atoms with Crippen LogP contribution in [-0.4, -0.2) is 32.3 Å². The van der Waals surface area contributed by atoms with Gasteiger partial charge in [0.15, 0.2) is 5.78 Å². The predicted molar refractivity (Wildman–Crippen MR) is 96.5 cm³/mol. The molecule has 1 fully saturated rings. The zero-order valence-corrected chi connectivity index (χ0v) is 15.9. The van der Waals surface area contributed by atoms with Crippen LogP contribution in [0.15, 0.2) is 12.1 Å². The van der Waals surface area contributed by atoms with E-state index in [0.717, 1.165) is 24.7 Å². The summed E-state index contributed by atoms with van der Waals surface area (Å²) in [4.78, 5) is 36.8. The molecule has 0 aromatic heterocycles. The number of rotatable bonds is 4. The van der Waals surface area contributed by atoms with E-state index in [1.54, 1.807) is 13.2 Å². The highest BCUT2D eigenvalue weighted by molar-refractivity contribution is 6.02. The Kier molecular flexibility index (Phi) is 4.67. The number of esters is 1. The number of hydrogen-bond donors (Lipinski definition) is 0. The van der Waals surface area contributed by atoms with E-state index in [1.807, 2.05) is 13.0 Å². The van der Waals surface area contributed by atoms with Crippen LogP contribution >= 0.6 is 0 Å².